The van der Waals surface area contributed by atoms with Gasteiger partial charge in [0.1, 0.15) is 0 Å². The van der Waals surface area contributed by atoms with Crippen LogP contribution >= 0.6 is 34.4 Å². The van der Waals surface area contributed by atoms with Gasteiger partial charge in [-0.3, -0.25) is 9.36 Å². The number of nitrogens with one attached hydrogen (secondary N) is 2. The number of rotatable bonds is 10. The van der Waals surface area contributed by atoms with Crippen LogP contribution in [-0.2, 0) is 11.3 Å². The molecule has 0 aliphatic heterocycles. The lowest BCUT2D eigenvalue weighted by Gasteiger charge is -2.14. The number of benzene rings is 3. The van der Waals surface area contributed by atoms with Crippen molar-refractivity contribution in [1.82, 2.24) is 20.2 Å². The third-order valence-electron chi connectivity index (χ3n) is 5.42. The zero-order chi connectivity index (χ0) is 26.0. The topological polar surface area (TPSA) is 84.2 Å². The quantitative estimate of drug-likeness (QED) is 0.0969. The molecule has 1 heterocycles. The molecule has 1 atom stereocenters. The molecule has 0 aliphatic rings. The summed E-state index contributed by atoms with van der Waals surface area (Å²) in [4.78, 5) is 12.7. The van der Waals surface area contributed by atoms with E-state index in [2.05, 4.69) is 73.8 Å². The van der Waals surface area contributed by atoms with Crippen molar-refractivity contribution >= 4 is 58.2 Å². The highest BCUT2D eigenvalue weighted by atomic mass is 127. The molecule has 0 bridgehead atoms. The van der Waals surface area contributed by atoms with Gasteiger partial charge in [0.05, 0.1) is 11.8 Å². The lowest BCUT2D eigenvalue weighted by atomic mass is 10.2. The second-order valence-corrected chi connectivity index (χ2v) is 10.7. The Bertz CT molecular complexity index is 1390. The summed E-state index contributed by atoms with van der Waals surface area (Å²) in [5.41, 5.74) is 6.80. The van der Waals surface area contributed by atoms with Gasteiger partial charge in [0.25, 0.3) is 5.91 Å². The third-order valence-corrected chi connectivity index (χ3v) is 7.13. The number of allylic oxidation sites excluding steroid dienone is 1. The maximum Gasteiger partial charge on any atom is 0.253 e. The summed E-state index contributed by atoms with van der Waals surface area (Å²) in [6, 6.07) is 26.1. The first kappa shape index (κ1) is 26.6. The van der Waals surface area contributed by atoms with Crippen molar-refractivity contribution in [1.29, 1.82) is 0 Å². The van der Waals surface area contributed by atoms with Crippen LogP contribution in [0.2, 0.25) is 0 Å². The second-order valence-electron chi connectivity index (χ2n) is 8.17. The van der Waals surface area contributed by atoms with E-state index < -0.39 is 5.25 Å². The van der Waals surface area contributed by atoms with Crippen molar-refractivity contribution in [3.63, 3.8) is 0 Å². The van der Waals surface area contributed by atoms with Crippen LogP contribution in [0.4, 0.5) is 5.69 Å². The van der Waals surface area contributed by atoms with E-state index in [1.165, 1.54) is 15.3 Å². The van der Waals surface area contributed by atoms with Gasteiger partial charge in [0.2, 0.25) is 0 Å². The van der Waals surface area contributed by atoms with Gasteiger partial charge in [-0.05, 0) is 84.0 Å². The molecule has 2 N–H and O–H groups in total. The molecule has 4 aromatic rings. The minimum atomic E-state index is -0.429. The molecule has 188 valence electrons. The van der Waals surface area contributed by atoms with Crippen LogP contribution < -0.4 is 10.7 Å². The highest BCUT2D eigenvalue weighted by Crippen LogP contribution is 2.26. The molecule has 0 saturated carbocycles. The van der Waals surface area contributed by atoms with Gasteiger partial charge < -0.3 is 5.32 Å². The molecule has 1 aromatic heterocycles. The zero-order valence-electron chi connectivity index (χ0n) is 20.5. The van der Waals surface area contributed by atoms with Gasteiger partial charge in [-0.15, -0.1) is 10.2 Å². The van der Waals surface area contributed by atoms with Crippen molar-refractivity contribution in [2.75, 3.05) is 5.32 Å². The van der Waals surface area contributed by atoms with Crippen LogP contribution in [-0.4, -0.2) is 32.1 Å². The smallest absolute Gasteiger partial charge is 0.253 e. The molecule has 1 amide bonds. The Balaban J connectivity index is 1.44. The summed E-state index contributed by atoms with van der Waals surface area (Å²) in [6.45, 7) is 4.39. The molecule has 9 heteroatoms. The monoisotopic (exact) mass is 622 g/mol. The molecule has 0 fully saturated rings. The Kier molecular flexibility index (Phi) is 9.50. The number of amides is 1. The van der Waals surface area contributed by atoms with Crippen molar-refractivity contribution in [2.24, 2.45) is 5.10 Å². The second kappa shape index (κ2) is 13.2. The standard InChI is InChI=1S/C28H27IN6OS/c1-20-18-23(29)15-16-25(20)30-19-26-32-34-28(35(26)24-13-7-4-8-14-24)37-21(2)27(36)33-31-17-9-12-22-10-5-3-6-11-22/h3-18,21,30H,19H2,1-2H3,(H,33,36)/b12-9+,31-17-/t21-/m0/s1. The number of anilines is 1. The summed E-state index contributed by atoms with van der Waals surface area (Å²) in [5, 5.41) is 16.6. The average molecular weight is 623 g/mol. The number of para-hydroxylation sites is 1. The van der Waals surface area contributed by atoms with E-state index in [4.69, 9.17) is 0 Å². The average Bonchev–Trinajstić information content (AvgIpc) is 3.31. The van der Waals surface area contributed by atoms with Crippen LogP contribution in [0.5, 0.6) is 0 Å². The lowest BCUT2D eigenvalue weighted by Crippen LogP contribution is -2.27. The van der Waals surface area contributed by atoms with Crippen molar-refractivity contribution < 1.29 is 4.79 Å². The zero-order valence-corrected chi connectivity index (χ0v) is 23.5. The largest absolute Gasteiger partial charge is 0.378 e. The summed E-state index contributed by atoms with van der Waals surface area (Å²) >= 11 is 3.65. The Hall–Kier alpha value is -3.44. The maximum absolute atomic E-state index is 12.7. The third kappa shape index (κ3) is 7.53. The number of halogens is 1. The normalized spacial score (nSPS) is 12.2. The van der Waals surface area contributed by atoms with Crippen LogP contribution in [0.15, 0.2) is 95.2 Å². The van der Waals surface area contributed by atoms with E-state index in [1.54, 1.807) is 12.3 Å². The predicted octanol–water partition coefficient (Wildman–Crippen LogP) is 6.09. The number of aryl methyl sites for hydroxylation is 1. The van der Waals surface area contributed by atoms with E-state index in [-0.39, 0.29) is 5.91 Å². The van der Waals surface area contributed by atoms with E-state index in [0.717, 1.165) is 28.3 Å². The molecule has 4 rings (SSSR count). The molecule has 0 saturated heterocycles. The number of carbonyl (C=O) groups excluding carboxylic acids is 1. The Morgan fingerprint density at radius 1 is 1.08 bits per heavy atom. The molecule has 0 aliphatic carbocycles. The molecule has 0 unspecified atom stereocenters. The summed E-state index contributed by atoms with van der Waals surface area (Å²) < 4.78 is 3.17. The van der Waals surface area contributed by atoms with Gasteiger partial charge in [-0.1, -0.05) is 66.4 Å². The van der Waals surface area contributed by atoms with Crippen LogP contribution in [0, 0.1) is 10.5 Å². The van der Waals surface area contributed by atoms with Crippen LogP contribution in [0.1, 0.15) is 23.9 Å². The molecule has 37 heavy (non-hydrogen) atoms. The fraction of sp³-hybridized carbons (Fsp3) is 0.143. The Morgan fingerprint density at radius 2 is 1.81 bits per heavy atom. The SMILES string of the molecule is Cc1cc(I)ccc1NCc1nnc(S[C@@H](C)C(=O)N/N=C\C=C\c2ccccc2)n1-c1ccccc1. The summed E-state index contributed by atoms with van der Waals surface area (Å²) in [6.07, 6.45) is 5.27. The number of carbonyl (C=O) groups is 1. The van der Waals surface area contributed by atoms with Gasteiger partial charge in [0, 0.05) is 21.2 Å². The molecular weight excluding hydrogens is 595 g/mol. The highest BCUT2D eigenvalue weighted by molar-refractivity contribution is 14.1. The summed E-state index contributed by atoms with van der Waals surface area (Å²) in [5.74, 6) is 0.537. The van der Waals surface area contributed by atoms with E-state index in [0.29, 0.717) is 11.7 Å². The van der Waals surface area contributed by atoms with Gasteiger partial charge >= 0.3 is 0 Å². The van der Waals surface area contributed by atoms with Crippen molar-refractivity contribution in [3.8, 4) is 5.69 Å². The van der Waals surface area contributed by atoms with Crippen molar-refractivity contribution in [3.05, 3.63) is 105 Å². The number of hydrazone groups is 1. The molecule has 7 nitrogen and oxygen atoms in total. The fourth-order valence-electron chi connectivity index (χ4n) is 3.49. The Morgan fingerprint density at radius 3 is 2.54 bits per heavy atom. The van der Waals surface area contributed by atoms with E-state index >= 15 is 0 Å². The number of nitrogens with zero attached hydrogens (tertiary/aromatic N) is 4. The van der Waals surface area contributed by atoms with Crippen LogP contribution in [0.25, 0.3) is 11.8 Å². The van der Waals surface area contributed by atoms with Gasteiger partial charge in [-0.25, -0.2) is 5.43 Å². The maximum atomic E-state index is 12.7. The van der Waals surface area contributed by atoms with Gasteiger partial charge in [0.15, 0.2) is 11.0 Å². The minimum Gasteiger partial charge on any atom is -0.378 e. The lowest BCUT2D eigenvalue weighted by molar-refractivity contribution is -0.120. The highest BCUT2D eigenvalue weighted by Gasteiger charge is 2.21. The fourth-order valence-corrected chi connectivity index (χ4v) is 5.02. The Labute approximate surface area is 234 Å². The molecule has 0 spiro atoms. The minimum absolute atomic E-state index is 0.217. The summed E-state index contributed by atoms with van der Waals surface area (Å²) in [7, 11) is 0. The predicted molar refractivity (Wildman–Crippen MR) is 160 cm³/mol. The van der Waals surface area contributed by atoms with Crippen molar-refractivity contribution in [2.45, 2.75) is 30.8 Å². The number of hydrogen-bond donors (Lipinski definition) is 2. The first-order valence-electron chi connectivity index (χ1n) is 11.7. The molecule has 0 radical (unpaired) electrons. The van der Waals surface area contributed by atoms with E-state index in [9.17, 15) is 4.79 Å². The number of hydrogen-bond acceptors (Lipinski definition) is 6. The van der Waals surface area contributed by atoms with E-state index in [1.807, 2.05) is 78.2 Å². The number of thioether (sulfide) groups is 1. The number of aromatic nitrogens is 3. The van der Waals surface area contributed by atoms with Gasteiger partial charge in [-0.2, -0.15) is 5.10 Å². The molecule has 3 aromatic carbocycles. The van der Waals surface area contributed by atoms with Crippen LogP contribution in [0.3, 0.4) is 0 Å². The first-order valence-corrected chi connectivity index (χ1v) is 13.7. The first-order chi connectivity index (χ1) is 18.0. The molecular formula is C28H27IN6OS.